The first kappa shape index (κ1) is 31.8. The Morgan fingerprint density at radius 1 is 1.18 bits per heavy atom. The SMILES string of the molecule is CCCN(C(=O)NCCCN(C)C)C(=O)[C@@H]1C[C@@H]2Cc3c(sc(N(C)C(=O)OC(C)(C)C)c3C#N)C[C@H]2N(C)C1. The van der Waals surface area contributed by atoms with Gasteiger partial charge in [0.25, 0.3) is 0 Å². The van der Waals surface area contributed by atoms with Gasteiger partial charge in [0.1, 0.15) is 16.7 Å². The maximum Gasteiger partial charge on any atom is 0.415 e. The zero-order valence-electron chi connectivity index (χ0n) is 25.4. The number of fused-ring (bicyclic) bond motifs is 2. The molecule has 222 valence electrons. The van der Waals surface area contributed by atoms with Crippen LogP contribution in [0.1, 0.15) is 63.0 Å². The number of hydrogen-bond donors (Lipinski definition) is 1. The smallest absolute Gasteiger partial charge is 0.415 e. The second-order valence-electron chi connectivity index (χ2n) is 12.3. The average Bonchev–Trinajstić information content (AvgIpc) is 3.23. The van der Waals surface area contributed by atoms with E-state index >= 15 is 0 Å². The average molecular weight is 575 g/mol. The Labute approximate surface area is 243 Å². The number of nitriles is 1. The molecule has 1 aromatic heterocycles. The highest BCUT2D eigenvalue weighted by atomic mass is 32.1. The number of carbonyl (C=O) groups is 3. The summed E-state index contributed by atoms with van der Waals surface area (Å²) in [6.45, 7) is 9.79. The molecule has 1 aliphatic heterocycles. The third-order valence-electron chi connectivity index (χ3n) is 7.59. The Hall–Kier alpha value is -2.68. The summed E-state index contributed by atoms with van der Waals surface area (Å²) >= 11 is 1.49. The van der Waals surface area contributed by atoms with Gasteiger partial charge in [-0.05, 0) is 92.0 Å². The van der Waals surface area contributed by atoms with E-state index in [-0.39, 0.29) is 29.8 Å². The van der Waals surface area contributed by atoms with Crippen molar-refractivity contribution in [2.75, 3.05) is 59.3 Å². The summed E-state index contributed by atoms with van der Waals surface area (Å²) in [5, 5.41) is 13.6. The van der Waals surface area contributed by atoms with E-state index in [0.717, 1.165) is 29.8 Å². The third kappa shape index (κ3) is 7.53. The second-order valence-corrected chi connectivity index (χ2v) is 13.4. The molecule has 2 aliphatic rings. The number of thiophene rings is 1. The topological polar surface area (TPSA) is 109 Å². The molecule has 3 rings (SSSR count). The largest absolute Gasteiger partial charge is 0.443 e. The van der Waals surface area contributed by atoms with Crippen molar-refractivity contribution in [3.63, 3.8) is 0 Å². The van der Waals surface area contributed by atoms with Crippen LogP contribution in [0.4, 0.5) is 14.6 Å². The molecule has 0 radical (unpaired) electrons. The predicted octanol–water partition coefficient (Wildman–Crippen LogP) is 3.93. The summed E-state index contributed by atoms with van der Waals surface area (Å²) in [5.41, 5.74) is 0.862. The summed E-state index contributed by atoms with van der Waals surface area (Å²) in [6.07, 6.45) is 3.13. The van der Waals surface area contributed by atoms with Gasteiger partial charge < -0.3 is 19.9 Å². The van der Waals surface area contributed by atoms with Crippen molar-refractivity contribution in [1.82, 2.24) is 20.0 Å². The van der Waals surface area contributed by atoms with Crippen molar-refractivity contribution < 1.29 is 19.1 Å². The lowest BCUT2D eigenvalue weighted by atomic mass is 9.74. The van der Waals surface area contributed by atoms with Crippen LogP contribution in [-0.4, -0.2) is 98.7 Å². The maximum atomic E-state index is 13.7. The van der Waals surface area contributed by atoms with Crippen LogP contribution in [0.2, 0.25) is 0 Å². The maximum absolute atomic E-state index is 13.7. The molecule has 4 amide bonds. The number of likely N-dealkylation sites (N-methyl/N-ethyl adjacent to an activating group) is 1. The van der Waals surface area contributed by atoms with Crippen LogP contribution >= 0.6 is 11.3 Å². The number of likely N-dealkylation sites (tertiary alicyclic amines) is 1. The minimum atomic E-state index is -0.636. The Morgan fingerprint density at radius 3 is 2.48 bits per heavy atom. The monoisotopic (exact) mass is 574 g/mol. The molecule has 0 saturated carbocycles. The van der Waals surface area contributed by atoms with Crippen molar-refractivity contribution >= 4 is 34.4 Å². The Morgan fingerprint density at radius 2 is 1.88 bits per heavy atom. The molecule has 1 saturated heterocycles. The molecule has 3 atom stereocenters. The van der Waals surface area contributed by atoms with Crippen molar-refractivity contribution in [2.24, 2.45) is 11.8 Å². The van der Waals surface area contributed by atoms with Crippen LogP contribution in [0.15, 0.2) is 0 Å². The van der Waals surface area contributed by atoms with Gasteiger partial charge in [-0.25, -0.2) is 9.59 Å². The minimum Gasteiger partial charge on any atom is -0.443 e. The van der Waals surface area contributed by atoms with E-state index in [2.05, 4.69) is 21.2 Å². The van der Waals surface area contributed by atoms with E-state index in [4.69, 9.17) is 4.74 Å². The fourth-order valence-corrected chi connectivity index (χ4v) is 6.98. The van der Waals surface area contributed by atoms with Gasteiger partial charge in [0, 0.05) is 37.6 Å². The van der Waals surface area contributed by atoms with Gasteiger partial charge in [-0.3, -0.25) is 14.6 Å². The number of nitrogens with zero attached hydrogens (tertiary/aromatic N) is 5. The first-order valence-electron chi connectivity index (χ1n) is 14.2. The Balaban J connectivity index is 1.76. The van der Waals surface area contributed by atoms with Crippen LogP contribution in [0, 0.1) is 23.2 Å². The molecule has 10 nitrogen and oxygen atoms in total. The van der Waals surface area contributed by atoms with Gasteiger partial charge in [-0.2, -0.15) is 5.26 Å². The summed E-state index contributed by atoms with van der Waals surface area (Å²) in [7, 11) is 7.67. The number of piperidine rings is 1. The quantitative estimate of drug-likeness (QED) is 0.469. The molecule has 0 aromatic carbocycles. The number of amides is 4. The first-order valence-corrected chi connectivity index (χ1v) is 15.0. The minimum absolute atomic E-state index is 0.126. The van der Waals surface area contributed by atoms with Crippen LogP contribution in [0.5, 0.6) is 0 Å². The number of nitrogens with one attached hydrogen (secondary N) is 1. The van der Waals surface area contributed by atoms with Crippen LogP contribution in [0.25, 0.3) is 0 Å². The van der Waals surface area contributed by atoms with Crippen molar-refractivity contribution in [1.29, 1.82) is 5.26 Å². The van der Waals surface area contributed by atoms with E-state index in [0.29, 0.717) is 49.5 Å². The van der Waals surface area contributed by atoms with E-state index in [9.17, 15) is 19.6 Å². The van der Waals surface area contributed by atoms with E-state index in [1.807, 2.05) is 48.8 Å². The van der Waals surface area contributed by atoms with Crippen LogP contribution in [-0.2, 0) is 22.4 Å². The fraction of sp³-hybridized carbons (Fsp3) is 0.724. The summed E-state index contributed by atoms with van der Waals surface area (Å²) in [4.78, 5) is 47.6. The zero-order valence-corrected chi connectivity index (χ0v) is 26.2. The fourth-order valence-electron chi connectivity index (χ4n) is 5.70. The van der Waals surface area contributed by atoms with Gasteiger partial charge in [0.15, 0.2) is 0 Å². The zero-order chi connectivity index (χ0) is 29.8. The number of carbonyl (C=O) groups excluding carboxylic acids is 3. The van der Waals surface area contributed by atoms with Gasteiger partial charge in [0.2, 0.25) is 5.91 Å². The molecule has 0 bridgehead atoms. The molecule has 1 fully saturated rings. The van der Waals surface area contributed by atoms with Crippen molar-refractivity contribution in [3.8, 4) is 6.07 Å². The standard InChI is InChI=1S/C29H46N6O4S/c1-9-12-35(27(37)31-11-10-13-32(5)6)25(36)20-14-19-15-21-22(17-30)26(34(8)28(38)39-29(2,3)4)40-24(21)16-23(19)33(7)18-20/h19-20,23H,9-16,18H2,1-8H3,(H,31,37)/t19-,20-,23-/m1/s1. The molecule has 1 N–H and O–H groups in total. The number of imide groups is 1. The van der Waals surface area contributed by atoms with E-state index < -0.39 is 11.7 Å². The summed E-state index contributed by atoms with van der Waals surface area (Å²) < 4.78 is 5.54. The molecule has 2 heterocycles. The van der Waals surface area contributed by atoms with Gasteiger partial charge >= 0.3 is 12.1 Å². The number of ether oxygens (including phenoxy) is 1. The van der Waals surface area contributed by atoms with E-state index in [1.165, 1.54) is 21.1 Å². The van der Waals surface area contributed by atoms with E-state index in [1.54, 1.807) is 7.05 Å². The van der Waals surface area contributed by atoms with Gasteiger partial charge in [-0.15, -0.1) is 11.3 Å². The number of urea groups is 1. The van der Waals surface area contributed by atoms with Gasteiger partial charge in [-0.1, -0.05) is 6.92 Å². The lowest BCUT2D eigenvalue weighted by Crippen LogP contribution is -2.55. The summed E-state index contributed by atoms with van der Waals surface area (Å²) in [5.74, 6) is -0.243. The number of hydrogen-bond acceptors (Lipinski definition) is 8. The second kappa shape index (κ2) is 13.3. The lowest BCUT2D eigenvalue weighted by Gasteiger charge is -2.45. The number of rotatable bonds is 8. The molecule has 0 spiro atoms. The Kier molecular flexibility index (Phi) is 10.6. The summed E-state index contributed by atoms with van der Waals surface area (Å²) in [6, 6.07) is 2.26. The first-order chi connectivity index (χ1) is 18.8. The lowest BCUT2D eigenvalue weighted by molar-refractivity contribution is -0.136. The normalized spacial score (nSPS) is 20.8. The molecule has 1 aromatic rings. The highest BCUT2D eigenvalue weighted by Gasteiger charge is 2.43. The predicted molar refractivity (Wildman–Crippen MR) is 158 cm³/mol. The molecule has 1 aliphatic carbocycles. The third-order valence-corrected chi connectivity index (χ3v) is 8.92. The van der Waals surface area contributed by atoms with Crippen molar-refractivity contribution in [3.05, 3.63) is 16.0 Å². The van der Waals surface area contributed by atoms with Crippen molar-refractivity contribution in [2.45, 2.75) is 71.4 Å². The highest BCUT2D eigenvalue weighted by molar-refractivity contribution is 7.16. The van der Waals surface area contributed by atoms with Crippen LogP contribution < -0.4 is 10.2 Å². The number of anilines is 1. The molecule has 40 heavy (non-hydrogen) atoms. The molecular formula is C29H46N6O4S. The molecule has 0 unspecified atom stereocenters. The highest BCUT2D eigenvalue weighted by Crippen LogP contribution is 2.45. The molecule has 11 heteroatoms. The molecular weight excluding hydrogens is 528 g/mol. The van der Waals surface area contributed by atoms with Crippen LogP contribution in [0.3, 0.4) is 0 Å². The van der Waals surface area contributed by atoms with Gasteiger partial charge in [0.05, 0.1) is 11.5 Å². The Bertz CT molecular complexity index is 1120.